The molecular weight excluding hydrogens is 604 g/mol. The zero-order valence-corrected chi connectivity index (χ0v) is 22.5. The number of halogens is 3. The van der Waals surface area contributed by atoms with Crippen LogP contribution in [-0.2, 0) is 6.61 Å². The van der Waals surface area contributed by atoms with Crippen LogP contribution in [0.2, 0.25) is 0 Å². The Hall–Kier alpha value is -2.16. The molecule has 5 nitrogen and oxygen atoms in total. The molecule has 3 aromatic carbocycles. The fourth-order valence-corrected chi connectivity index (χ4v) is 4.91. The van der Waals surface area contributed by atoms with E-state index in [0.717, 1.165) is 32.5 Å². The highest BCUT2D eigenvalue weighted by atomic mass is 79.9. The van der Waals surface area contributed by atoms with Gasteiger partial charge in [0.05, 0.1) is 22.3 Å². The summed E-state index contributed by atoms with van der Waals surface area (Å²) in [5, 5.41) is 4.10. The molecule has 166 valence electrons. The van der Waals surface area contributed by atoms with Crippen LogP contribution in [0.5, 0.6) is 11.5 Å². The number of nitrogens with zero attached hydrogens (tertiary/aromatic N) is 1. The Bertz CT molecular complexity index is 1120. The second kappa shape index (κ2) is 11.1. The number of aryl methyl sites for hydroxylation is 2. The van der Waals surface area contributed by atoms with Gasteiger partial charge in [-0.3, -0.25) is 4.79 Å². The van der Waals surface area contributed by atoms with E-state index in [2.05, 4.69) is 58.3 Å². The summed E-state index contributed by atoms with van der Waals surface area (Å²) in [5.41, 5.74) is 6.97. The van der Waals surface area contributed by atoms with Gasteiger partial charge >= 0.3 is 0 Å². The zero-order chi connectivity index (χ0) is 23.3. The lowest BCUT2D eigenvalue weighted by Crippen LogP contribution is -2.17. The number of carbonyl (C=O) groups excluding carboxylic acids is 1. The second-order valence-electron chi connectivity index (χ2n) is 7.07. The van der Waals surface area contributed by atoms with Gasteiger partial charge in [-0.1, -0.05) is 28.1 Å². The van der Waals surface area contributed by atoms with Gasteiger partial charge < -0.3 is 9.47 Å². The molecule has 1 amide bonds. The standard InChI is InChI=1S/C24H21Br3N2O3/c1-14-8-17(9-15(2)22(14)32-13-16-4-6-19(25)7-5-16)12-28-29-24(30)18-10-20(26)23(31-3)21(27)11-18/h4-12H,13H2,1-3H3,(H,29,30)/b28-12-. The van der Waals surface area contributed by atoms with Gasteiger partial charge in [0.25, 0.3) is 5.91 Å². The van der Waals surface area contributed by atoms with E-state index in [-0.39, 0.29) is 5.91 Å². The smallest absolute Gasteiger partial charge is 0.271 e. The number of hydrogen-bond acceptors (Lipinski definition) is 4. The van der Waals surface area contributed by atoms with Gasteiger partial charge in [0.1, 0.15) is 18.1 Å². The number of rotatable bonds is 7. The number of methoxy groups -OCH3 is 1. The quantitative estimate of drug-likeness (QED) is 0.229. The van der Waals surface area contributed by atoms with Crippen molar-refractivity contribution in [3.05, 3.63) is 89.8 Å². The molecule has 0 saturated heterocycles. The van der Waals surface area contributed by atoms with Crippen LogP contribution in [0, 0.1) is 13.8 Å². The van der Waals surface area contributed by atoms with Crippen molar-refractivity contribution in [3.63, 3.8) is 0 Å². The fraction of sp³-hybridized carbons (Fsp3) is 0.167. The molecule has 0 aliphatic heterocycles. The highest BCUT2D eigenvalue weighted by Crippen LogP contribution is 2.34. The second-order valence-corrected chi connectivity index (χ2v) is 9.70. The van der Waals surface area contributed by atoms with Gasteiger partial charge in [-0.25, -0.2) is 5.43 Å². The highest BCUT2D eigenvalue weighted by Gasteiger charge is 2.12. The molecule has 0 bridgehead atoms. The largest absolute Gasteiger partial charge is 0.494 e. The van der Waals surface area contributed by atoms with Crippen LogP contribution in [0.15, 0.2) is 67.1 Å². The van der Waals surface area contributed by atoms with Crippen molar-refractivity contribution in [1.29, 1.82) is 0 Å². The molecule has 0 aliphatic carbocycles. The first-order valence-corrected chi connectivity index (χ1v) is 12.0. The van der Waals surface area contributed by atoms with Crippen molar-refractivity contribution >= 4 is 59.9 Å². The summed E-state index contributed by atoms with van der Waals surface area (Å²) in [7, 11) is 1.57. The lowest BCUT2D eigenvalue weighted by Gasteiger charge is -2.13. The van der Waals surface area contributed by atoms with Crippen LogP contribution >= 0.6 is 47.8 Å². The normalized spacial score (nSPS) is 10.9. The molecule has 0 saturated carbocycles. The highest BCUT2D eigenvalue weighted by molar-refractivity contribution is 9.11. The predicted molar refractivity (Wildman–Crippen MR) is 138 cm³/mol. The van der Waals surface area contributed by atoms with E-state index in [1.165, 1.54) is 0 Å². The van der Waals surface area contributed by atoms with Crippen molar-refractivity contribution in [2.24, 2.45) is 5.10 Å². The first-order valence-electron chi connectivity index (χ1n) is 9.63. The first-order chi connectivity index (χ1) is 15.3. The maximum atomic E-state index is 12.4. The van der Waals surface area contributed by atoms with E-state index in [4.69, 9.17) is 9.47 Å². The number of amides is 1. The van der Waals surface area contributed by atoms with Crippen molar-refractivity contribution in [1.82, 2.24) is 5.43 Å². The predicted octanol–water partition coefficient (Wildman–Crippen LogP) is 6.94. The monoisotopic (exact) mass is 622 g/mol. The maximum Gasteiger partial charge on any atom is 0.271 e. The van der Waals surface area contributed by atoms with E-state index in [0.29, 0.717) is 26.9 Å². The van der Waals surface area contributed by atoms with Crippen molar-refractivity contribution < 1.29 is 14.3 Å². The number of nitrogens with one attached hydrogen (secondary N) is 1. The minimum atomic E-state index is -0.326. The average molecular weight is 625 g/mol. The lowest BCUT2D eigenvalue weighted by molar-refractivity contribution is 0.0955. The van der Waals surface area contributed by atoms with Gasteiger partial charge in [0.2, 0.25) is 0 Å². The van der Waals surface area contributed by atoms with Crippen LogP contribution in [0.4, 0.5) is 0 Å². The van der Waals surface area contributed by atoms with Gasteiger partial charge in [0.15, 0.2) is 0 Å². The molecule has 0 atom stereocenters. The van der Waals surface area contributed by atoms with E-state index >= 15 is 0 Å². The molecule has 3 aromatic rings. The Balaban J connectivity index is 1.66. The number of benzene rings is 3. The van der Waals surface area contributed by atoms with Crippen molar-refractivity contribution in [2.45, 2.75) is 20.5 Å². The Kier molecular flexibility index (Phi) is 8.51. The Morgan fingerprint density at radius 1 is 0.969 bits per heavy atom. The zero-order valence-electron chi connectivity index (χ0n) is 17.7. The summed E-state index contributed by atoms with van der Waals surface area (Å²) in [4.78, 5) is 12.4. The summed E-state index contributed by atoms with van der Waals surface area (Å²) < 4.78 is 13.7. The molecule has 8 heteroatoms. The van der Waals surface area contributed by atoms with Gasteiger partial charge in [-0.15, -0.1) is 0 Å². The third-order valence-corrected chi connectivity index (χ3v) is 6.33. The summed E-state index contributed by atoms with van der Waals surface area (Å²) >= 11 is 10.2. The van der Waals surface area contributed by atoms with Crippen LogP contribution in [0.3, 0.4) is 0 Å². The molecule has 0 heterocycles. The molecule has 0 aromatic heterocycles. The molecule has 0 unspecified atom stereocenters. The third-order valence-electron chi connectivity index (χ3n) is 4.62. The van der Waals surface area contributed by atoms with E-state index in [9.17, 15) is 4.79 Å². The van der Waals surface area contributed by atoms with E-state index < -0.39 is 0 Å². The topological polar surface area (TPSA) is 59.9 Å². The summed E-state index contributed by atoms with van der Waals surface area (Å²) in [5.74, 6) is 1.15. The summed E-state index contributed by atoms with van der Waals surface area (Å²) in [6.45, 7) is 4.48. The minimum absolute atomic E-state index is 0.326. The molecule has 3 rings (SSSR count). The van der Waals surface area contributed by atoms with E-state index in [1.54, 1.807) is 25.5 Å². The maximum absolute atomic E-state index is 12.4. The first kappa shape index (κ1) is 24.5. The minimum Gasteiger partial charge on any atom is -0.494 e. The Labute approximate surface area is 212 Å². The van der Waals surface area contributed by atoms with Crippen LogP contribution in [-0.4, -0.2) is 19.2 Å². The number of hydrogen-bond donors (Lipinski definition) is 1. The number of hydrazone groups is 1. The SMILES string of the molecule is COc1c(Br)cc(C(=O)N/N=C\c2cc(C)c(OCc3ccc(Br)cc3)c(C)c2)cc1Br. The third kappa shape index (κ3) is 6.21. The molecule has 0 fully saturated rings. The Morgan fingerprint density at radius 3 is 2.12 bits per heavy atom. The molecule has 0 aliphatic rings. The van der Waals surface area contributed by atoms with Crippen molar-refractivity contribution in [3.8, 4) is 11.5 Å². The fourth-order valence-electron chi connectivity index (χ4n) is 3.14. The van der Waals surface area contributed by atoms with Crippen LogP contribution in [0.25, 0.3) is 0 Å². The Morgan fingerprint density at radius 2 is 1.56 bits per heavy atom. The summed E-state index contributed by atoms with van der Waals surface area (Å²) in [6, 6.07) is 15.3. The molecule has 0 spiro atoms. The van der Waals surface area contributed by atoms with Crippen LogP contribution < -0.4 is 14.9 Å². The van der Waals surface area contributed by atoms with Crippen LogP contribution in [0.1, 0.15) is 32.6 Å². The summed E-state index contributed by atoms with van der Waals surface area (Å²) in [6.07, 6.45) is 1.62. The lowest BCUT2D eigenvalue weighted by atomic mass is 10.1. The molecule has 1 N–H and O–H groups in total. The number of ether oxygens (including phenoxy) is 2. The van der Waals surface area contributed by atoms with E-state index in [1.807, 2.05) is 50.2 Å². The van der Waals surface area contributed by atoms with Gasteiger partial charge in [0, 0.05) is 10.0 Å². The number of carbonyl (C=O) groups is 1. The molecule has 0 radical (unpaired) electrons. The molecular formula is C24H21Br3N2O3. The van der Waals surface area contributed by atoms with Gasteiger partial charge in [-0.05, 0) is 104 Å². The van der Waals surface area contributed by atoms with Crippen molar-refractivity contribution in [2.75, 3.05) is 7.11 Å². The molecule has 32 heavy (non-hydrogen) atoms. The van der Waals surface area contributed by atoms with Gasteiger partial charge in [-0.2, -0.15) is 5.10 Å². The average Bonchev–Trinajstić information content (AvgIpc) is 2.74.